The highest BCUT2D eigenvalue weighted by molar-refractivity contribution is 7.21. The number of fused-ring (bicyclic) bond motifs is 1. The Bertz CT molecular complexity index is 743. The van der Waals surface area contributed by atoms with Crippen LogP contribution in [-0.2, 0) is 6.18 Å². The summed E-state index contributed by atoms with van der Waals surface area (Å²) in [6.45, 7) is 0. The van der Waals surface area contributed by atoms with E-state index in [9.17, 15) is 17.6 Å². The van der Waals surface area contributed by atoms with E-state index in [0.29, 0.717) is 10.6 Å². The van der Waals surface area contributed by atoms with Crippen LogP contribution in [0.5, 0.6) is 0 Å². The van der Waals surface area contributed by atoms with Crippen LogP contribution in [0.15, 0.2) is 42.5 Å². The van der Waals surface area contributed by atoms with Gasteiger partial charge in [-0.1, -0.05) is 18.2 Å². The molecule has 0 fully saturated rings. The molecule has 6 heteroatoms. The molecule has 0 amide bonds. The van der Waals surface area contributed by atoms with Crippen molar-refractivity contribution in [1.82, 2.24) is 4.98 Å². The van der Waals surface area contributed by atoms with E-state index < -0.39 is 17.6 Å². The monoisotopic (exact) mass is 297 g/mol. The standard InChI is InChI=1S/C14H7F4NS/c15-10-7-8(5-6-9(10)14(16,17)18)13-19-11-3-1-2-4-12(11)20-13/h1-7H. The molecule has 0 aliphatic rings. The van der Waals surface area contributed by atoms with E-state index in [1.807, 2.05) is 18.2 Å². The Morgan fingerprint density at radius 2 is 1.75 bits per heavy atom. The van der Waals surface area contributed by atoms with Crippen LogP contribution in [0.25, 0.3) is 20.8 Å². The van der Waals surface area contributed by atoms with Gasteiger partial charge in [0.25, 0.3) is 0 Å². The minimum atomic E-state index is -4.68. The quantitative estimate of drug-likeness (QED) is 0.568. The van der Waals surface area contributed by atoms with Crippen LogP contribution in [0.3, 0.4) is 0 Å². The maximum absolute atomic E-state index is 13.5. The number of thiazole rings is 1. The Kier molecular flexibility index (Phi) is 2.97. The predicted molar refractivity (Wildman–Crippen MR) is 70.0 cm³/mol. The summed E-state index contributed by atoms with van der Waals surface area (Å²) < 4.78 is 51.9. The Hall–Kier alpha value is -1.95. The van der Waals surface area contributed by atoms with Gasteiger partial charge in [0.1, 0.15) is 10.8 Å². The smallest absolute Gasteiger partial charge is 0.236 e. The topological polar surface area (TPSA) is 12.9 Å². The van der Waals surface area contributed by atoms with E-state index in [4.69, 9.17) is 0 Å². The lowest BCUT2D eigenvalue weighted by atomic mass is 10.1. The molecule has 0 radical (unpaired) electrons. The van der Waals surface area contributed by atoms with Crippen molar-refractivity contribution in [3.8, 4) is 10.6 Å². The number of aromatic nitrogens is 1. The summed E-state index contributed by atoms with van der Waals surface area (Å²) in [6.07, 6.45) is -4.68. The van der Waals surface area contributed by atoms with E-state index in [-0.39, 0.29) is 0 Å². The summed E-state index contributed by atoms with van der Waals surface area (Å²) >= 11 is 1.31. The van der Waals surface area contributed by atoms with Crippen LogP contribution in [0.4, 0.5) is 17.6 Å². The fourth-order valence-electron chi connectivity index (χ4n) is 1.87. The number of alkyl halides is 3. The summed E-state index contributed by atoms with van der Waals surface area (Å²) in [6, 6.07) is 10.2. The molecular formula is C14H7F4NS. The van der Waals surface area contributed by atoms with Crippen molar-refractivity contribution >= 4 is 21.6 Å². The number of rotatable bonds is 1. The van der Waals surface area contributed by atoms with E-state index in [1.165, 1.54) is 17.4 Å². The van der Waals surface area contributed by atoms with Gasteiger partial charge in [0.15, 0.2) is 0 Å². The molecule has 0 aliphatic heterocycles. The highest BCUT2D eigenvalue weighted by Crippen LogP contribution is 2.35. The van der Waals surface area contributed by atoms with Crippen molar-refractivity contribution in [2.45, 2.75) is 6.18 Å². The molecule has 3 aromatic rings. The van der Waals surface area contributed by atoms with E-state index in [2.05, 4.69) is 4.98 Å². The summed E-state index contributed by atoms with van der Waals surface area (Å²) in [4.78, 5) is 4.29. The third-order valence-corrected chi connectivity index (χ3v) is 3.90. The number of para-hydroxylation sites is 1. The van der Waals surface area contributed by atoms with Crippen LogP contribution >= 0.6 is 11.3 Å². The van der Waals surface area contributed by atoms with Crippen LogP contribution in [-0.4, -0.2) is 4.98 Å². The third-order valence-electron chi connectivity index (χ3n) is 2.82. The Morgan fingerprint density at radius 1 is 1.00 bits per heavy atom. The number of hydrogen-bond acceptors (Lipinski definition) is 2. The fraction of sp³-hybridized carbons (Fsp3) is 0.0714. The van der Waals surface area contributed by atoms with Crippen LogP contribution in [0, 0.1) is 5.82 Å². The molecule has 0 N–H and O–H groups in total. The largest absolute Gasteiger partial charge is 0.419 e. The highest BCUT2D eigenvalue weighted by Gasteiger charge is 2.34. The maximum atomic E-state index is 13.5. The molecule has 0 unspecified atom stereocenters. The van der Waals surface area contributed by atoms with Gasteiger partial charge in [-0.2, -0.15) is 13.2 Å². The van der Waals surface area contributed by atoms with Gasteiger partial charge in [-0.3, -0.25) is 0 Å². The van der Waals surface area contributed by atoms with E-state index in [0.717, 1.165) is 22.3 Å². The van der Waals surface area contributed by atoms with Gasteiger partial charge in [0, 0.05) is 5.56 Å². The zero-order valence-corrected chi connectivity index (χ0v) is 10.7. The van der Waals surface area contributed by atoms with Crippen LogP contribution in [0.2, 0.25) is 0 Å². The first-order valence-electron chi connectivity index (χ1n) is 5.68. The SMILES string of the molecule is Fc1cc(-c2nc3ccccc3s2)ccc1C(F)(F)F. The molecule has 2 aromatic carbocycles. The molecule has 0 aliphatic carbocycles. The first-order chi connectivity index (χ1) is 9.45. The van der Waals surface area contributed by atoms with Crippen molar-refractivity contribution in [3.63, 3.8) is 0 Å². The molecule has 0 atom stereocenters. The summed E-state index contributed by atoms with van der Waals surface area (Å²) in [5.74, 6) is -1.28. The third kappa shape index (κ3) is 2.27. The minimum absolute atomic E-state index is 0.344. The molecule has 102 valence electrons. The van der Waals surface area contributed by atoms with Gasteiger partial charge in [0.2, 0.25) is 0 Å². The summed E-state index contributed by atoms with van der Waals surface area (Å²) in [5.41, 5.74) is -0.174. The van der Waals surface area contributed by atoms with Gasteiger partial charge in [0.05, 0.1) is 15.8 Å². The lowest BCUT2D eigenvalue weighted by Crippen LogP contribution is -2.07. The Morgan fingerprint density at radius 3 is 2.40 bits per heavy atom. The molecule has 0 saturated heterocycles. The molecule has 1 aromatic heterocycles. The summed E-state index contributed by atoms with van der Waals surface area (Å²) in [5, 5.41) is 0.499. The highest BCUT2D eigenvalue weighted by atomic mass is 32.1. The number of nitrogens with zero attached hydrogens (tertiary/aromatic N) is 1. The lowest BCUT2D eigenvalue weighted by Gasteiger charge is -2.08. The number of halogens is 4. The molecule has 0 spiro atoms. The molecule has 20 heavy (non-hydrogen) atoms. The van der Waals surface area contributed by atoms with Gasteiger partial charge in [-0.25, -0.2) is 9.37 Å². The lowest BCUT2D eigenvalue weighted by molar-refractivity contribution is -0.139. The van der Waals surface area contributed by atoms with Crippen molar-refractivity contribution in [2.24, 2.45) is 0 Å². The second-order valence-electron chi connectivity index (χ2n) is 4.18. The van der Waals surface area contributed by atoms with E-state index in [1.54, 1.807) is 6.07 Å². The normalized spacial score (nSPS) is 12.0. The summed E-state index contributed by atoms with van der Waals surface area (Å²) in [7, 11) is 0. The minimum Gasteiger partial charge on any atom is -0.236 e. The van der Waals surface area contributed by atoms with Gasteiger partial charge >= 0.3 is 6.18 Å². The molecule has 0 saturated carbocycles. The zero-order valence-electron chi connectivity index (χ0n) is 9.91. The maximum Gasteiger partial charge on any atom is 0.419 e. The van der Waals surface area contributed by atoms with Gasteiger partial charge in [-0.15, -0.1) is 11.3 Å². The number of hydrogen-bond donors (Lipinski definition) is 0. The number of benzene rings is 2. The second kappa shape index (κ2) is 4.56. The average Bonchev–Trinajstić information content (AvgIpc) is 2.80. The first-order valence-corrected chi connectivity index (χ1v) is 6.49. The van der Waals surface area contributed by atoms with Crippen molar-refractivity contribution in [1.29, 1.82) is 0 Å². The van der Waals surface area contributed by atoms with Gasteiger partial charge < -0.3 is 0 Å². The van der Waals surface area contributed by atoms with Crippen LogP contribution in [0.1, 0.15) is 5.56 Å². The first kappa shape index (κ1) is 13.1. The van der Waals surface area contributed by atoms with Gasteiger partial charge in [-0.05, 0) is 24.3 Å². The molecule has 1 heterocycles. The van der Waals surface area contributed by atoms with Crippen molar-refractivity contribution < 1.29 is 17.6 Å². The zero-order chi connectivity index (χ0) is 14.3. The fourth-order valence-corrected chi connectivity index (χ4v) is 2.84. The van der Waals surface area contributed by atoms with Crippen LogP contribution < -0.4 is 0 Å². The molecule has 3 rings (SSSR count). The predicted octanol–water partition coefficient (Wildman–Crippen LogP) is 5.12. The Balaban J connectivity index is 2.08. The van der Waals surface area contributed by atoms with E-state index >= 15 is 0 Å². The van der Waals surface area contributed by atoms with Crippen molar-refractivity contribution in [2.75, 3.05) is 0 Å². The average molecular weight is 297 g/mol. The molecular weight excluding hydrogens is 290 g/mol. The van der Waals surface area contributed by atoms with Crippen molar-refractivity contribution in [3.05, 3.63) is 53.8 Å². The molecule has 1 nitrogen and oxygen atoms in total. The molecule has 0 bridgehead atoms. The Labute approximate surface area is 115 Å². The second-order valence-corrected chi connectivity index (χ2v) is 5.21.